The zero-order chi connectivity index (χ0) is 19.0. The molecule has 0 atom stereocenters. The van der Waals surface area contributed by atoms with Gasteiger partial charge in [-0.3, -0.25) is 9.69 Å². The van der Waals surface area contributed by atoms with Crippen LogP contribution in [0.1, 0.15) is 58.4 Å². The summed E-state index contributed by atoms with van der Waals surface area (Å²) in [5, 5.41) is 0. The predicted octanol–water partition coefficient (Wildman–Crippen LogP) is 4.55. The van der Waals surface area contributed by atoms with Gasteiger partial charge in [-0.05, 0) is 45.1 Å². The first-order valence-corrected chi connectivity index (χ1v) is 9.51. The maximum atomic E-state index is 12.5. The lowest BCUT2D eigenvalue weighted by Crippen LogP contribution is -2.43. The molecule has 2 rings (SSSR count). The van der Waals surface area contributed by atoms with Crippen molar-refractivity contribution >= 4 is 12.1 Å². The SMILES string of the molecule is CC(C)(C)OC(=O)N(CC(=O)OCc1ccccc1)CC1CCCCC1. The Morgan fingerprint density at radius 3 is 2.35 bits per heavy atom. The van der Waals surface area contributed by atoms with E-state index >= 15 is 0 Å². The number of esters is 1. The fourth-order valence-corrected chi connectivity index (χ4v) is 3.15. The normalized spacial score (nSPS) is 15.3. The van der Waals surface area contributed by atoms with Gasteiger partial charge in [0.15, 0.2) is 0 Å². The molecule has 0 N–H and O–H groups in total. The fourth-order valence-electron chi connectivity index (χ4n) is 3.15. The summed E-state index contributed by atoms with van der Waals surface area (Å²) in [6.07, 6.45) is 5.37. The molecule has 1 saturated carbocycles. The Hall–Kier alpha value is -2.04. The van der Waals surface area contributed by atoms with Gasteiger partial charge in [0.1, 0.15) is 18.8 Å². The molecule has 0 radical (unpaired) electrons. The summed E-state index contributed by atoms with van der Waals surface area (Å²) in [6.45, 7) is 6.19. The molecule has 0 heterocycles. The van der Waals surface area contributed by atoms with E-state index in [1.54, 1.807) is 0 Å². The maximum absolute atomic E-state index is 12.5. The van der Waals surface area contributed by atoms with E-state index in [0.717, 1.165) is 18.4 Å². The van der Waals surface area contributed by atoms with Crippen molar-refractivity contribution in [2.75, 3.05) is 13.1 Å². The molecule has 0 spiro atoms. The van der Waals surface area contributed by atoms with E-state index in [1.807, 2.05) is 51.1 Å². The highest BCUT2D eigenvalue weighted by Gasteiger charge is 2.27. The van der Waals surface area contributed by atoms with Gasteiger partial charge < -0.3 is 9.47 Å². The number of hydrogen-bond acceptors (Lipinski definition) is 4. The van der Waals surface area contributed by atoms with Crippen molar-refractivity contribution in [2.24, 2.45) is 5.92 Å². The van der Waals surface area contributed by atoms with Gasteiger partial charge in [0.2, 0.25) is 0 Å². The second-order valence-electron chi connectivity index (χ2n) is 8.01. The van der Waals surface area contributed by atoms with Crippen LogP contribution in [0, 0.1) is 5.92 Å². The first-order valence-electron chi connectivity index (χ1n) is 9.51. The summed E-state index contributed by atoms with van der Waals surface area (Å²) in [6, 6.07) is 9.53. The summed E-state index contributed by atoms with van der Waals surface area (Å²) >= 11 is 0. The number of ether oxygens (including phenoxy) is 2. The highest BCUT2D eigenvalue weighted by molar-refractivity contribution is 5.78. The zero-order valence-electron chi connectivity index (χ0n) is 16.2. The fraction of sp³-hybridized carbons (Fsp3) is 0.619. The topological polar surface area (TPSA) is 55.8 Å². The molecule has 5 heteroatoms. The zero-order valence-corrected chi connectivity index (χ0v) is 16.2. The molecule has 144 valence electrons. The van der Waals surface area contributed by atoms with Gasteiger partial charge in [-0.2, -0.15) is 0 Å². The molecular weight excluding hydrogens is 330 g/mol. The van der Waals surface area contributed by atoms with Crippen LogP contribution in [0.2, 0.25) is 0 Å². The molecular formula is C21H31NO4. The average molecular weight is 361 g/mol. The molecule has 1 aliphatic rings. The lowest BCUT2D eigenvalue weighted by atomic mass is 9.89. The number of carbonyl (C=O) groups is 2. The van der Waals surface area contributed by atoms with Crippen LogP contribution in [0.25, 0.3) is 0 Å². The molecule has 1 aliphatic carbocycles. The summed E-state index contributed by atoms with van der Waals surface area (Å²) in [7, 11) is 0. The molecule has 0 unspecified atom stereocenters. The van der Waals surface area contributed by atoms with E-state index in [1.165, 1.54) is 24.2 Å². The van der Waals surface area contributed by atoms with Crippen molar-refractivity contribution in [1.82, 2.24) is 4.90 Å². The molecule has 0 aliphatic heterocycles. The minimum atomic E-state index is -0.587. The second kappa shape index (κ2) is 9.60. The van der Waals surface area contributed by atoms with Crippen molar-refractivity contribution < 1.29 is 19.1 Å². The quantitative estimate of drug-likeness (QED) is 0.698. The molecule has 0 aromatic heterocycles. The van der Waals surface area contributed by atoms with Gasteiger partial charge in [0, 0.05) is 6.54 Å². The third-order valence-corrected chi connectivity index (χ3v) is 4.42. The highest BCUT2D eigenvalue weighted by atomic mass is 16.6. The predicted molar refractivity (Wildman–Crippen MR) is 101 cm³/mol. The van der Waals surface area contributed by atoms with Crippen LogP contribution in [0.5, 0.6) is 0 Å². The molecule has 0 bridgehead atoms. The van der Waals surface area contributed by atoms with Crippen LogP contribution in [-0.2, 0) is 20.9 Å². The van der Waals surface area contributed by atoms with Crippen LogP contribution in [0.3, 0.4) is 0 Å². The third-order valence-electron chi connectivity index (χ3n) is 4.42. The lowest BCUT2D eigenvalue weighted by Gasteiger charge is -2.31. The summed E-state index contributed by atoms with van der Waals surface area (Å²) in [5.41, 5.74) is 0.340. The molecule has 5 nitrogen and oxygen atoms in total. The second-order valence-corrected chi connectivity index (χ2v) is 8.01. The number of benzene rings is 1. The van der Waals surface area contributed by atoms with Crippen LogP contribution in [0.4, 0.5) is 4.79 Å². The van der Waals surface area contributed by atoms with Gasteiger partial charge in [-0.1, -0.05) is 49.6 Å². The van der Waals surface area contributed by atoms with Gasteiger partial charge in [0.05, 0.1) is 0 Å². The van der Waals surface area contributed by atoms with Crippen LogP contribution < -0.4 is 0 Å². The molecule has 26 heavy (non-hydrogen) atoms. The standard InChI is InChI=1S/C21H31NO4/c1-21(2,3)26-20(24)22(14-17-10-6-4-7-11-17)15-19(23)25-16-18-12-8-5-9-13-18/h5,8-9,12-13,17H,4,6-7,10-11,14-16H2,1-3H3. The number of nitrogens with zero attached hydrogens (tertiary/aromatic N) is 1. The third kappa shape index (κ3) is 7.46. The Morgan fingerprint density at radius 1 is 1.08 bits per heavy atom. The van der Waals surface area contributed by atoms with E-state index in [2.05, 4.69) is 0 Å². The summed E-state index contributed by atoms with van der Waals surface area (Å²) in [5.74, 6) is 0.0220. The average Bonchev–Trinajstić information content (AvgIpc) is 2.60. The van der Waals surface area contributed by atoms with Crippen LogP contribution >= 0.6 is 0 Å². The summed E-state index contributed by atoms with van der Waals surface area (Å²) in [4.78, 5) is 26.3. The lowest BCUT2D eigenvalue weighted by molar-refractivity contribution is -0.146. The smallest absolute Gasteiger partial charge is 0.410 e. The first-order chi connectivity index (χ1) is 12.3. The van der Waals surface area contributed by atoms with Crippen molar-refractivity contribution in [1.29, 1.82) is 0 Å². The van der Waals surface area contributed by atoms with Gasteiger partial charge in [-0.15, -0.1) is 0 Å². The maximum Gasteiger partial charge on any atom is 0.410 e. The van der Waals surface area contributed by atoms with Crippen molar-refractivity contribution in [2.45, 2.75) is 65.1 Å². The Labute approximate surface area is 156 Å². The number of carbonyl (C=O) groups excluding carboxylic acids is 2. The van der Waals surface area contributed by atoms with Crippen molar-refractivity contribution in [3.63, 3.8) is 0 Å². The molecule has 0 saturated heterocycles. The largest absolute Gasteiger partial charge is 0.459 e. The minimum absolute atomic E-state index is 0.0712. The number of hydrogen-bond donors (Lipinski definition) is 0. The van der Waals surface area contributed by atoms with E-state index in [4.69, 9.17) is 9.47 Å². The number of amides is 1. The molecule has 1 amide bonds. The Bertz CT molecular complexity index is 573. The van der Waals surface area contributed by atoms with Gasteiger partial charge in [0.25, 0.3) is 0 Å². The van der Waals surface area contributed by atoms with Crippen molar-refractivity contribution in [3.8, 4) is 0 Å². The van der Waals surface area contributed by atoms with Crippen molar-refractivity contribution in [3.05, 3.63) is 35.9 Å². The number of rotatable bonds is 6. The Kier molecular flexibility index (Phi) is 7.49. The van der Waals surface area contributed by atoms with Gasteiger partial charge >= 0.3 is 12.1 Å². The monoisotopic (exact) mass is 361 g/mol. The van der Waals surface area contributed by atoms with Crippen LogP contribution in [-0.4, -0.2) is 35.7 Å². The van der Waals surface area contributed by atoms with E-state index in [-0.39, 0.29) is 13.2 Å². The Morgan fingerprint density at radius 2 is 1.73 bits per heavy atom. The van der Waals surface area contributed by atoms with Crippen LogP contribution in [0.15, 0.2) is 30.3 Å². The molecule has 1 fully saturated rings. The Balaban J connectivity index is 1.92. The molecule has 1 aromatic rings. The minimum Gasteiger partial charge on any atom is -0.459 e. The van der Waals surface area contributed by atoms with E-state index in [0.29, 0.717) is 12.5 Å². The van der Waals surface area contributed by atoms with E-state index in [9.17, 15) is 9.59 Å². The molecule has 1 aromatic carbocycles. The summed E-state index contributed by atoms with van der Waals surface area (Å²) < 4.78 is 10.8. The van der Waals surface area contributed by atoms with Gasteiger partial charge in [-0.25, -0.2) is 4.79 Å². The first kappa shape index (κ1) is 20.3. The van der Waals surface area contributed by atoms with E-state index < -0.39 is 17.7 Å². The highest BCUT2D eigenvalue weighted by Crippen LogP contribution is 2.25.